The average molecular weight is 355 g/mol. The Labute approximate surface area is 152 Å². The van der Waals surface area contributed by atoms with Crippen LogP contribution < -0.4 is 9.80 Å². The van der Waals surface area contributed by atoms with Crippen molar-refractivity contribution in [2.45, 2.75) is 12.8 Å². The third kappa shape index (κ3) is 3.34. The van der Waals surface area contributed by atoms with Crippen molar-refractivity contribution in [3.8, 4) is 0 Å². The van der Waals surface area contributed by atoms with Gasteiger partial charge in [-0.15, -0.1) is 0 Å². The van der Waals surface area contributed by atoms with Gasteiger partial charge in [-0.25, -0.2) is 14.4 Å². The van der Waals surface area contributed by atoms with E-state index in [1.807, 2.05) is 11.0 Å². The van der Waals surface area contributed by atoms with Crippen molar-refractivity contribution in [1.29, 1.82) is 0 Å². The summed E-state index contributed by atoms with van der Waals surface area (Å²) in [5.41, 5.74) is 0.960. The summed E-state index contributed by atoms with van der Waals surface area (Å²) in [5.74, 6) is 0.498. The number of para-hydroxylation sites is 1. The smallest absolute Gasteiger partial charge is 0.274 e. The number of hydrogen-bond acceptors (Lipinski definition) is 5. The second-order valence-corrected chi connectivity index (χ2v) is 6.68. The first kappa shape index (κ1) is 16.8. The van der Waals surface area contributed by atoms with E-state index in [4.69, 9.17) is 0 Å². The van der Waals surface area contributed by atoms with Gasteiger partial charge >= 0.3 is 0 Å². The van der Waals surface area contributed by atoms with E-state index in [2.05, 4.69) is 14.9 Å². The van der Waals surface area contributed by atoms with Gasteiger partial charge in [0.1, 0.15) is 17.3 Å². The zero-order valence-corrected chi connectivity index (χ0v) is 14.6. The first-order valence-electron chi connectivity index (χ1n) is 9.08. The number of rotatable bonds is 3. The van der Waals surface area contributed by atoms with Gasteiger partial charge in [0, 0.05) is 39.3 Å². The molecule has 0 unspecified atom stereocenters. The van der Waals surface area contributed by atoms with Crippen molar-refractivity contribution in [1.82, 2.24) is 14.9 Å². The van der Waals surface area contributed by atoms with E-state index in [0.29, 0.717) is 37.6 Å². The number of piperazine rings is 1. The maximum absolute atomic E-state index is 13.9. The lowest BCUT2D eigenvalue weighted by Crippen LogP contribution is -2.49. The molecule has 3 heterocycles. The molecule has 26 heavy (non-hydrogen) atoms. The summed E-state index contributed by atoms with van der Waals surface area (Å²) < 4.78 is 13.9. The summed E-state index contributed by atoms with van der Waals surface area (Å²) in [7, 11) is 0. The van der Waals surface area contributed by atoms with Gasteiger partial charge in [-0.1, -0.05) is 12.1 Å². The highest BCUT2D eigenvalue weighted by Gasteiger charge is 2.25. The highest BCUT2D eigenvalue weighted by molar-refractivity contribution is 5.92. The van der Waals surface area contributed by atoms with Crippen LogP contribution in [0.3, 0.4) is 0 Å². The van der Waals surface area contributed by atoms with Gasteiger partial charge in [0.15, 0.2) is 0 Å². The van der Waals surface area contributed by atoms with Gasteiger partial charge in [0.25, 0.3) is 5.91 Å². The van der Waals surface area contributed by atoms with Crippen molar-refractivity contribution in [3.63, 3.8) is 0 Å². The molecule has 0 spiro atoms. The number of hydrogen-bond donors (Lipinski definition) is 0. The molecule has 2 aliphatic heterocycles. The molecular weight excluding hydrogens is 333 g/mol. The first-order valence-corrected chi connectivity index (χ1v) is 9.08. The third-order valence-corrected chi connectivity index (χ3v) is 5.05. The Kier molecular flexibility index (Phi) is 4.69. The van der Waals surface area contributed by atoms with E-state index < -0.39 is 0 Å². The lowest BCUT2D eigenvalue weighted by molar-refractivity contribution is 0.0740. The highest BCUT2D eigenvalue weighted by Crippen LogP contribution is 2.21. The predicted molar refractivity (Wildman–Crippen MR) is 98.0 cm³/mol. The minimum absolute atomic E-state index is 0.112. The quantitative estimate of drug-likeness (QED) is 0.845. The van der Waals surface area contributed by atoms with Crippen molar-refractivity contribution >= 4 is 17.4 Å². The first-order chi connectivity index (χ1) is 12.7. The highest BCUT2D eigenvalue weighted by atomic mass is 19.1. The monoisotopic (exact) mass is 355 g/mol. The molecule has 2 aliphatic rings. The zero-order chi connectivity index (χ0) is 17.9. The molecule has 1 amide bonds. The number of amides is 1. The Morgan fingerprint density at radius 2 is 1.62 bits per heavy atom. The van der Waals surface area contributed by atoms with E-state index in [1.165, 1.54) is 18.9 Å². The number of benzene rings is 1. The van der Waals surface area contributed by atoms with Gasteiger partial charge in [-0.3, -0.25) is 4.79 Å². The summed E-state index contributed by atoms with van der Waals surface area (Å²) in [4.78, 5) is 27.3. The van der Waals surface area contributed by atoms with Crippen molar-refractivity contribution in [3.05, 3.63) is 48.2 Å². The fraction of sp³-hybridized carbons (Fsp3) is 0.421. The molecule has 7 heteroatoms. The summed E-state index contributed by atoms with van der Waals surface area (Å²) in [6.07, 6.45) is 5.61. The van der Waals surface area contributed by atoms with Gasteiger partial charge in [-0.05, 0) is 25.0 Å². The minimum atomic E-state index is -0.226. The van der Waals surface area contributed by atoms with Crippen molar-refractivity contribution in [2.75, 3.05) is 49.1 Å². The van der Waals surface area contributed by atoms with Crippen LogP contribution in [0.2, 0.25) is 0 Å². The maximum atomic E-state index is 13.9. The van der Waals surface area contributed by atoms with E-state index >= 15 is 0 Å². The number of nitrogens with zero attached hydrogens (tertiary/aromatic N) is 5. The molecule has 136 valence electrons. The van der Waals surface area contributed by atoms with Crippen LogP contribution in [0.1, 0.15) is 23.3 Å². The van der Waals surface area contributed by atoms with Crippen LogP contribution in [-0.4, -0.2) is 60.0 Å². The third-order valence-electron chi connectivity index (χ3n) is 5.05. The molecule has 6 nitrogen and oxygen atoms in total. The SMILES string of the molecule is O=C(c1cnc(N2CCCC2)cn1)N1CCN(c2ccccc2F)CC1. The van der Waals surface area contributed by atoms with E-state index in [-0.39, 0.29) is 11.7 Å². The van der Waals surface area contributed by atoms with Crippen LogP contribution >= 0.6 is 0 Å². The number of carbonyl (C=O) groups is 1. The summed E-state index contributed by atoms with van der Waals surface area (Å²) >= 11 is 0. The molecule has 0 atom stereocenters. The molecule has 0 N–H and O–H groups in total. The fourth-order valence-electron chi connectivity index (χ4n) is 3.56. The Hall–Kier alpha value is -2.70. The van der Waals surface area contributed by atoms with Crippen LogP contribution in [0, 0.1) is 5.82 Å². The van der Waals surface area contributed by atoms with Crippen LogP contribution in [-0.2, 0) is 0 Å². The topological polar surface area (TPSA) is 52.6 Å². The van der Waals surface area contributed by atoms with Crippen molar-refractivity contribution < 1.29 is 9.18 Å². The number of carbonyl (C=O) groups excluding carboxylic acids is 1. The van der Waals surface area contributed by atoms with E-state index in [0.717, 1.165) is 18.9 Å². The maximum Gasteiger partial charge on any atom is 0.274 e. The second kappa shape index (κ2) is 7.27. The van der Waals surface area contributed by atoms with Crippen LogP contribution in [0.25, 0.3) is 0 Å². The molecule has 0 bridgehead atoms. The largest absolute Gasteiger partial charge is 0.366 e. The van der Waals surface area contributed by atoms with Crippen LogP contribution in [0.15, 0.2) is 36.7 Å². The predicted octanol–water partition coefficient (Wildman–Crippen LogP) is 2.18. The molecule has 1 aromatic carbocycles. The fourth-order valence-corrected chi connectivity index (χ4v) is 3.56. The summed E-state index contributed by atoms with van der Waals surface area (Å²) in [6, 6.07) is 6.75. The summed E-state index contributed by atoms with van der Waals surface area (Å²) in [5, 5.41) is 0. The Morgan fingerprint density at radius 1 is 0.885 bits per heavy atom. The Morgan fingerprint density at radius 3 is 2.27 bits per heavy atom. The minimum Gasteiger partial charge on any atom is -0.366 e. The lowest BCUT2D eigenvalue weighted by Gasteiger charge is -2.36. The lowest BCUT2D eigenvalue weighted by atomic mass is 10.2. The molecule has 4 rings (SSSR count). The molecule has 0 saturated carbocycles. The van der Waals surface area contributed by atoms with Gasteiger partial charge in [-0.2, -0.15) is 0 Å². The number of anilines is 2. The molecule has 1 aromatic heterocycles. The normalized spacial score (nSPS) is 17.7. The molecule has 0 aliphatic carbocycles. The summed E-state index contributed by atoms with van der Waals surface area (Å²) in [6.45, 7) is 4.29. The van der Waals surface area contributed by atoms with Crippen LogP contribution in [0.5, 0.6) is 0 Å². The zero-order valence-electron chi connectivity index (χ0n) is 14.6. The van der Waals surface area contributed by atoms with Gasteiger partial charge in [0.2, 0.25) is 0 Å². The Balaban J connectivity index is 1.38. The second-order valence-electron chi connectivity index (χ2n) is 6.68. The molecule has 2 fully saturated rings. The average Bonchev–Trinajstić information content (AvgIpc) is 3.23. The van der Waals surface area contributed by atoms with E-state index in [1.54, 1.807) is 29.4 Å². The molecular formula is C19H22FN5O. The standard InChI is InChI=1S/C19H22FN5O/c20-15-5-1-2-6-17(15)23-9-11-25(12-10-23)19(26)16-13-22-18(14-21-16)24-7-3-4-8-24/h1-2,5-6,13-14H,3-4,7-12H2. The van der Waals surface area contributed by atoms with Crippen LogP contribution in [0.4, 0.5) is 15.9 Å². The van der Waals surface area contributed by atoms with Crippen molar-refractivity contribution in [2.24, 2.45) is 0 Å². The molecule has 0 radical (unpaired) electrons. The van der Waals surface area contributed by atoms with Gasteiger partial charge < -0.3 is 14.7 Å². The Bertz CT molecular complexity index is 768. The number of halogens is 1. The van der Waals surface area contributed by atoms with E-state index in [9.17, 15) is 9.18 Å². The molecule has 2 aromatic rings. The van der Waals surface area contributed by atoms with Gasteiger partial charge in [0.05, 0.1) is 18.1 Å². The number of aromatic nitrogens is 2. The molecule has 2 saturated heterocycles.